The molecule has 7 nitrogen and oxygen atoms in total. The number of hydrogen-bond donors (Lipinski definition) is 0. The zero-order valence-corrected chi connectivity index (χ0v) is 20.3. The van der Waals surface area contributed by atoms with Crippen LogP contribution in [0.15, 0.2) is 70.4 Å². The van der Waals surface area contributed by atoms with Gasteiger partial charge >= 0.3 is 0 Å². The van der Waals surface area contributed by atoms with E-state index in [0.29, 0.717) is 59.9 Å². The Kier molecular flexibility index (Phi) is 6.88. The number of benzene rings is 2. The van der Waals surface area contributed by atoms with Crippen molar-refractivity contribution in [1.82, 2.24) is 14.1 Å². The average Bonchev–Trinajstić information content (AvgIpc) is 3.07. The Balaban J connectivity index is 1.53. The highest BCUT2D eigenvalue weighted by molar-refractivity contribution is 7.89. The zero-order valence-electron chi connectivity index (χ0n) is 18.7. The van der Waals surface area contributed by atoms with E-state index >= 15 is 0 Å². The van der Waals surface area contributed by atoms with Crippen molar-refractivity contribution >= 4 is 27.4 Å². The van der Waals surface area contributed by atoms with Crippen LogP contribution in [0.25, 0.3) is 5.69 Å². The summed E-state index contributed by atoms with van der Waals surface area (Å²) >= 11 is 5.96. The van der Waals surface area contributed by atoms with Gasteiger partial charge in [0.05, 0.1) is 10.6 Å². The first-order chi connectivity index (χ1) is 15.8. The molecule has 1 fully saturated rings. The maximum atomic E-state index is 13.2. The smallest absolute Gasteiger partial charge is 0.271 e. The summed E-state index contributed by atoms with van der Waals surface area (Å²) in [6.07, 6.45) is 0.658. The Hall–Kier alpha value is -2.68. The molecule has 1 aliphatic heterocycles. The number of halogens is 1. The molecule has 0 saturated carbocycles. The van der Waals surface area contributed by atoms with Gasteiger partial charge in [-0.25, -0.2) is 8.42 Å². The van der Waals surface area contributed by atoms with E-state index in [4.69, 9.17) is 11.6 Å². The first kappa shape index (κ1) is 23.5. The van der Waals surface area contributed by atoms with Crippen molar-refractivity contribution in [3.05, 3.63) is 81.6 Å². The minimum absolute atomic E-state index is 0.245. The first-order valence-electron chi connectivity index (χ1n) is 11.0. The second-order valence-electron chi connectivity index (χ2n) is 8.39. The third-order valence-electron chi connectivity index (χ3n) is 5.82. The molecule has 9 heteroatoms. The van der Waals surface area contributed by atoms with Crippen LogP contribution in [0.3, 0.4) is 0 Å². The van der Waals surface area contributed by atoms with E-state index in [-0.39, 0.29) is 5.56 Å². The van der Waals surface area contributed by atoms with Gasteiger partial charge in [0.25, 0.3) is 5.56 Å². The molecular weight excluding hydrogens is 460 g/mol. The van der Waals surface area contributed by atoms with Gasteiger partial charge in [0, 0.05) is 37.3 Å². The molecule has 0 bridgehead atoms. The molecule has 1 aliphatic rings. The molecule has 0 aliphatic carbocycles. The van der Waals surface area contributed by atoms with E-state index < -0.39 is 10.0 Å². The number of aromatic nitrogens is 2. The minimum atomic E-state index is -3.58. The van der Waals surface area contributed by atoms with Gasteiger partial charge in [0.15, 0.2) is 0 Å². The molecule has 0 amide bonds. The Morgan fingerprint density at radius 2 is 1.58 bits per heavy atom. The molecule has 2 aromatic carbocycles. The van der Waals surface area contributed by atoms with E-state index in [1.165, 1.54) is 15.1 Å². The molecule has 0 radical (unpaired) electrons. The van der Waals surface area contributed by atoms with Crippen LogP contribution < -0.4 is 10.5 Å². The lowest BCUT2D eigenvalue weighted by atomic mass is 10.0. The fourth-order valence-electron chi connectivity index (χ4n) is 3.87. The van der Waals surface area contributed by atoms with Crippen LogP contribution in [0.4, 0.5) is 5.82 Å². The number of sulfonamides is 1. The van der Waals surface area contributed by atoms with E-state index in [1.54, 1.807) is 42.5 Å². The third-order valence-corrected chi connectivity index (χ3v) is 7.99. The van der Waals surface area contributed by atoms with E-state index in [9.17, 15) is 13.2 Å². The van der Waals surface area contributed by atoms with Crippen molar-refractivity contribution in [2.45, 2.75) is 31.1 Å². The van der Waals surface area contributed by atoms with Crippen LogP contribution in [-0.4, -0.2) is 48.7 Å². The van der Waals surface area contributed by atoms with E-state index in [1.807, 2.05) is 17.0 Å². The van der Waals surface area contributed by atoms with Gasteiger partial charge < -0.3 is 4.90 Å². The van der Waals surface area contributed by atoms with Crippen molar-refractivity contribution in [1.29, 1.82) is 0 Å². The number of anilines is 1. The van der Waals surface area contributed by atoms with Gasteiger partial charge in [-0.1, -0.05) is 37.6 Å². The van der Waals surface area contributed by atoms with Gasteiger partial charge in [0.2, 0.25) is 10.0 Å². The van der Waals surface area contributed by atoms with Crippen LogP contribution in [0.1, 0.15) is 31.7 Å². The summed E-state index contributed by atoms with van der Waals surface area (Å²) in [5, 5.41) is 5.11. The molecule has 3 aromatic rings. The molecule has 174 valence electrons. The molecule has 1 aromatic heterocycles. The molecule has 33 heavy (non-hydrogen) atoms. The molecule has 1 saturated heterocycles. The van der Waals surface area contributed by atoms with E-state index in [0.717, 1.165) is 5.56 Å². The second-order valence-corrected chi connectivity index (χ2v) is 10.8. The lowest BCUT2D eigenvalue weighted by Crippen LogP contribution is -2.36. The van der Waals surface area contributed by atoms with Crippen LogP contribution in [0.5, 0.6) is 0 Å². The van der Waals surface area contributed by atoms with Gasteiger partial charge in [-0.15, -0.1) is 5.10 Å². The maximum Gasteiger partial charge on any atom is 0.271 e. The summed E-state index contributed by atoms with van der Waals surface area (Å²) in [7, 11) is -3.58. The summed E-state index contributed by atoms with van der Waals surface area (Å²) < 4.78 is 29.3. The van der Waals surface area contributed by atoms with Crippen molar-refractivity contribution in [3.8, 4) is 5.69 Å². The van der Waals surface area contributed by atoms with Crippen LogP contribution in [-0.2, 0) is 10.0 Å². The minimum Gasteiger partial charge on any atom is -0.354 e. The number of hydrogen-bond acceptors (Lipinski definition) is 5. The van der Waals surface area contributed by atoms with Gasteiger partial charge in [-0.05, 0) is 60.4 Å². The maximum absolute atomic E-state index is 13.2. The predicted molar refractivity (Wildman–Crippen MR) is 131 cm³/mol. The molecule has 0 N–H and O–H groups in total. The third kappa shape index (κ3) is 5.13. The van der Waals surface area contributed by atoms with Gasteiger partial charge in [-0.3, -0.25) is 4.79 Å². The topological polar surface area (TPSA) is 75.5 Å². The summed E-state index contributed by atoms with van der Waals surface area (Å²) in [6.45, 7) is 6.06. The molecular formula is C24H27ClN4O3S. The molecule has 0 atom stereocenters. The van der Waals surface area contributed by atoms with Crippen LogP contribution in [0.2, 0.25) is 5.02 Å². The lowest BCUT2D eigenvalue weighted by molar-refractivity contribution is 0.433. The standard InChI is InChI=1S/C24H27ClN4O3S/c1-18(2)19-4-10-22(11-5-19)33(31,32)28-15-3-14-27(16-17-28)23-12-13-24(30)29(26-23)21-8-6-20(25)7-9-21/h4-13,18H,3,14-17H2,1-2H3. The van der Waals surface area contributed by atoms with Crippen molar-refractivity contribution in [2.75, 3.05) is 31.1 Å². The lowest BCUT2D eigenvalue weighted by Gasteiger charge is -2.23. The Morgan fingerprint density at radius 3 is 2.24 bits per heavy atom. The Labute approximate surface area is 199 Å². The summed E-state index contributed by atoms with van der Waals surface area (Å²) in [4.78, 5) is 14.7. The predicted octanol–water partition coefficient (Wildman–Crippen LogP) is 3.91. The summed E-state index contributed by atoms with van der Waals surface area (Å²) in [5.41, 5.74) is 1.48. The van der Waals surface area contributed by atoms with Crippen LogP contribution in [0, 0.1) is 0 Å². The Bertz CT molecular complexity index is 1270. The monoisotopic (exact) mass is 486 g/mol. The van der Waals surface area contributed by atoms with Gasteiger partial charge in [0.1, 0.15) is 5.82 Å². The highest BCUT2D eigenvalue weighted by Crippen LogP contribution is 2.22. The van der Waals surface area contributed by atoms with E-state index in [2.05, 4.69) is 18.9 Å². The quantitative estimate of drug-likeness (QED) is 0.546. The summed E-state index contributed by atoms with van der Waals surface area (Å²) in [6, 6.07) is 17.2. The summed E-state index contributed by atoms with van der Waals surface area (Å²) in [5.74, 6) is 0.974. The molecule has 2 heterocycles. The molecule has 4 rings (SSSR count). The SMILES string of the molecule is CC(C)c1ccc(S(=O)(=O)N2CCCN(c3ccc(=O)n(-c4ccc(Cl)cc4)n3)CC2)cc1. The number of rotatable bonds is 5. The van der Waals surface area contributed by atoms with Crippen molar-refractivity contribution in [2.24, 2.45) is 0 Å². The largest absolute Gasteiger partial charge is 0.354 e. The number of nitrogens with zero attached hydrogens (tertiary/aromatic N) is 4. The normalized spacial score (nSPS) is 15.6. The first-order valence-corrected chi connectivity index (χ1v) is 12.8. The van der Waals surface area contributed by atoms with Gasteiger partial charge in [-0.2, -0.15) is 8.99 Å². The fourth-order valence-corrected chi connectivity index (χ4v) is 5.47. The molecule has 0 unspecified atom stereocenters. The average molecular weight is 487 g/mol. The highest BCUT2D eigenvalue weighted by Gasteiger charge is 2.27. The fraction of sp³-hybridized carbons (Fsp3) is 0.333. The Morgan fingerprint density at radius 1 is 0.879 bits per heavy atom. The second kappa shape index (κ2) is 9.67. The van der Waals surface area contributed by atoms with Crippen molar-refractivity contribution < 1.29 is 8.42 Å². The van der Waals surface area contributed by atoms with Crippen molar-refractivity contribution in [3.63, 3.8) is 0 Å². The van der Waals surface area contributed by atoms with Crippen LogP contribution >= 0.6 is 11.6 Å². The highest BCUT2D eigenvalue weighted by atomic mass is 35.5. The molecule has 0 spiro atoms. The zero-order chi connectivity index (χ0) is 23.6.